The molecule has 0 aliphatic carbocycles. The van der Waals surface area contributed by atoms with Gasteiger partial charge in [0.05, 0.1) is 11.8 Å². The summed E-state index contributed by atoms with van der Waals surface area (Å²) in [4.78, 5) is 14.0. The summed E-state index contributed by atoms with van der Waals surface area (Å²) in [6, 6.07) is 7.07. The normalized spacial score (nSPS) is 10.5. The number of anilines is 1. The SMILES string of the molecule is Cc1occc1CN(C)C(=O)c1cc(N)ccc1Br. The Morgan fingerprint density at radius 1 is 1.42 bits per heavy atom. The first-order chi connectivity index (χ1) is 8.99. The second-order valence-corrected chi connectivity index (χ2v) is 5.26. The van der Waals surface area contributed by atoms with Crippen molar-refractivity contribution in [2.24, 2.45) is 0 Å². The Hall–Kier alpha value is -1.75. The van der Waals surface area contributed by atoms with Gasteiger partial charge in [-0.3, -0.25) is 4.79 Å². The molecule has 2 N–H and O–H groups in total. The number of furan rings is 1. The number of rotatable bonds is 3. The lowest BCUT2D eigenvalue weighted by atomic mass is 10.1. The van der Waals surface area contributed by atoms with Crippen LogP contribution in [0, 0.1) is 6.92 Å². The van der Waals surface area contributed by atoms with Crippen LogP contribution in [0.2, 0.25) is 0 Å². The molecule has 19 heavy (non-hydrogen) atoms. The van der Waals surface area contributed by atoms with Gasteiger partial charge in [-0.25, -0.2) is 0 Å². The maximum atomic E-state index is 12.4. The van der Waals surface area contributed by atoms with Crippen LogP contribution in [0.5, 0.6) is 0 Å². The first kappa shape index (κ1) is 13.7. The van der Waals surface area contributed by atoms with E-state index in [4.69, 9.17) is 10.2 Å². The van der Waals surface area contributed by atoms with Crippen molar-refractivity contribution in [1.29, 1.82) is 0 Å². The molecule has 1 heterocycles. The third-order valence-electron chi connectivity index (χ3n) is 2.94. The summed E-state index contributed by atoms with van der Waals surface area (Å²) in [6.07, 6.45) is 1.62. The highest BCUT2D eigenvalue weighted by Gasteiger charge is 2.16. The van der Waals surface area contributed by atoms with Crippen LogP contribution in [0.1, 0.15) is 21.7 Å². The van der Waals surface area contributed by atoms with Crippen molar-refractivity contribution in [2.45, 2.75) is 13.5 Å². The van der Waals surface area contributed by atoms with Gasteiger partial charge in [0.15, 0.2) is 0 Å². The lowest BCUT2D eigenvalue weighted by molar-refractivity contribution is 0.0784. The fourth-order valence-corrected chi connectivity index (χ4v) is 2.23. The topological polar surface area (TPSA) is 59.5 Å². The van der Waals surface area contributed by atoms with E-state index >= 15 is 0 Å². The van der Waals surface area contributed by atoms with E-state index in [0.29, 0.717) is 17.8 Å². The van der Waals surface area contributed by atoms with E-state index in [1.807, 2.05) is 13.0 Å². The highest BCUT2D eigenvalue weighted by atomic mass is 79.9. The van der Waals surface area contributed by atoms with E-state index in [2.05, 4.69) is 15.9 Å². The van der Waals surface area contributed by atoms with E-state index in [1.54, 1.807) is 36.4 Å². The van der Waals surface area contributed by atoms with Gasteiger partial charge in [-0.2, -0.15) is 0 Å². The predicted molar refractivity (Wildman–Crippen MR) is 77.8 cm³/mol. The van der Waals surface area contributed by atoms with Crippen LogP contribution in [0.3, 0.4) is 0 Å². The first-order valence-corrected chi connectivity index (χ1v) is 6.62. The number of carbonyl (C=O) groups excluding carboxylic acids is 1. The van der Waals surface area contributed by atoms with E-state index < -0.39 is 0 Å². The van der Waals surface area contributed by atoms with Crippen molar-refractivity contribution in [3.63, 3.8) is 0 Å². The second kappa shape index (κ2) is 5.48. The maximum Gasteiger partial charge on any atom is 0.255 e. The minimum absolute atomic E-state index is 0.0835. The lowest BCUT2D eigenvalue weighted by Gasteiger charge is -2.18. The van der Waals surface area contributed by atoms with Crippen LogP contribution in [0.25, 0.3) is 0 Å². The van der Waals surface area contributed by atoms with Gasteiger partial charge in [-0.05, 0) is 47.1 Å². The molecule has 0 unspecified atom stereocenters. The summed E-state index contributed by atoms with van der Waals surface area (Å²) in [6.45, 7) is 2.38. The molecule has 0 radical (unpaired) electrons. The number of carbonyl (C=O) groups is 1. The van der Waals surface area contributed by atoms with E-state index in [0.717, 1.165) is 15.8 Å². The smallest absolute Gasteiger partial charge is 0.255 e. The van der Waals surface area contributed by atoms with Gasteiger partial charge in [0.1, 0.15) is 5.76 Å². The molecule has 0 aliphatic heterocycles. The quantitative estimate of drug-likeness (QED) is 0.883. The number of amides is 1. The van der Waals surface area contributed by atoms with Gasteiger partial charge in [-0.15, -0.1) is 0 Å². The number of nitrogens with two attached hydrogens (primary N) is 1. The van der Waals surface area contributed by atoms with E-state index in [9.17, 15) is 4.79 Å². The molecular formula is C14H15BrN2O2. The Bertz CT molecular complexity index is 607. The molecule has 0 bridgehead atoms. The van der Waals surface area contributed by atoms with Crippen LogP contribution in [0.15, 0.2) is 39.4 Å². The molecule has 2 rings (SSSR count). The third-order valence-corrected chi connectivity index (χ3v) is 3.63. The van der Waals surface area contributed by atoms with E-state index in [1.165, 1.54) is 0 Å². The fourth-order valence-electron chi connectivity index (χ4n) is 1.82. The summed E-state index contributed by atoms with van der Waals surface area (Å²) < 4.78 is 5.96. The number of hydrogen-bond donors (Lipinski definition) is 1. The summed E-state index contributed by atoms with van der Waals surface area (Å²) in [5.74, 6) is 0.742. The molecule has 0 atom stereocenters. The molecule has 0 aliphatic rings. The van der Waals surface area contributed by atoms with Crippen LogP contribution >= 0.6 is 15.9 Å². The monoisotopic (exact) mass is 322 g/mol. The number of halogens is 1. The number of aryl methyl sites for hydroxylation is 1. The fraction of sp³-hybridized carbons (Fsp3) is 0.214. The van der Waals surface area contributed by atoms with Crippen LogP contribution in [0.4, 0.5) is 5.69 Å². The van der Waals surface area contributed by atoms with Crippen LogP contribution in [-0.4, -0.2) is 17.9 Å². The summed E-state index contributed by atoms with van der Waals surface area (Å²) >= 11 is 3.37. The average Bonchev–Trinajstić information content (AvgIpc) is 2.77. The molecule has 100 valence electrons. The Balaban J connectivity index is 2.19. The molecular weight excluding hydrogens is 308 g/mol. The average molecular weight is 323 g/mol. The van der Waals surface area contributed by atoms with Crippen LogP contribution in [-0.2, 0) is 6.54 Å². The second-order valence-electron chi connectivity index (χ2n) is 4.40. The van der Waals surface area contributed by atoms with Crippen LogP contribution < -0.4 is 5.73 Å². The molecule has 1 aromatic carbocycles. The molecule has 0 saturated heterocycles. The number of nitrogens with zero attached hydrogens (tertiary/aromatic N) is 1. The zero-order chi connectivity index (χ0) is 14.0. The minimum Gasteiger partial charge on any atom is -0.469 e. The van der Waals surface area contributed by atoms with Crippen molar-refractivity contribution in [2.75, 3.05) is 12.8 Å². The van der Waals surface area contributed by atoms with Crippen molar-refractivity contribution in [3.05, 3.63) is 51.9 Å². The highest BCUT2D eigenvalue weighted by Crippen LogP contribution is 2.22. The third kappa shape index (κ3) is 2.98. The first-order valence-electron chi connectivity index (χ1n) is 5.82. The molecule has 2 aromatic rings. The molecule has 0 saturated carbocycles. The number of nitrogen functional groups attached to an aromatic ring is 1. The van der Waals surface area contributed by atoms with Gasteiger partial charge >= 0.3 is 0 Å². The standard InChI is InChI=1S/C14H15BrN2O2/c1-9-10(5-6-19-9)8-17(2)14(18)12-7-11(16)3-4-13(12)15/h3-7H,8,16H2,1-2H3. The van der Waals surface area contributed by atoms with Gasteiger partial charge in [0.25, 0.3) is 5.91 Å². The summed E-state index contributed by atoms with van der Waals surface area (Å²) in [5.41, 5.74) is 7.84. The zero-order valence-electron chi connectivity index (χ0n) is 10.8. The van der Waals surface area contributed by atoms with Crippen molar-refractivity contribution >= 4 is 27.5 Å². The summed E-state index contributed by atoms with van der Waals surface area (Å²) in [7, 11) is 1.75. The molecule has 1 aromatic heterocycles. The van der Waals surface area contributed by atoms with Crippen molar-refractivity contribution < 1.29 is 9.21 Å². The Labute approximate surface area is 120 Å². The Morgan fingerprint density at radius 2 is 2.16 bits per heavy atom. The Kier molecular flexibility index (Phi) is 3.95. The van der Waals surface area contributed by atoms with Gasteiger partial charge in [-0.1, -0.05) is 0 Å². The number of benzene rings is 1. The maximum absolute atomic E-state index is 12.4. The lowest BCUT2D eigenvalue weighted by Crippen LogP contribution is -2.26. The molecule has 4 nitrogen and oxygen atoms in total. The summed E-state index contributed by atoms with van der Waals surface area (Å²) in [5, 5.41) is 0. The molecule has 5 heteroatoms. The van der Waals surface area contributed by atoms with E-state index in [-0.39, 0.29) is 5.91 Å². The molecule has 0 fully saturated rings. The minimum atomic E-state index is -0.0835. The number of hydrogen-bond acceptors (Lipinski definition) is 3. The predicted octanol–water partition coefficient (Wildman–Crippen LogP) is 3.20. The zero-order valence-corrected chi connectivity index (χ0v) is 12.4. The van der Waals surface area contributed by atoms with Crippen molar-refractivity contribution in [1.82, 2.24) is 4.90 Å². The van der Waals surface area contributed by atoms with Gasteiger partial charge in [0, 0.05) is 29.3 Å². The molecule has 0 spiro atoms. The Morgan fingerprint density at radius 3 is 2.79 bits per heavy atom. The largest absolute Gasteiger partial charge is 0.469 e. The highest BCUT2D eigenvalue weighted by molar-refractivity contribution is 9.10. The molecule has 1 amide bonds. The van der Waals surface area contributed by atoms with Gasteiger partial charge in [0.2, 0.25) is 0 Å². The van der Waals surface area contributed by atoms with Crippen molar-refractivity contribution in [3.8, 4) is 0 Å². The van der Waals surface area contributed by atoms with Gasteiger partial charge < -0.3 is 15.1 Å².